The second kappa shape index (κ2) is 8.24. The molecule has 0 aliphatic rings. The summed E-state index contributed by atoms with van der Waals surface area (Å²) in [5.74, 6) is -1.25. The molecule has 0 fully saturated rings. The number of rotatable bonds is 5. The summed E-state index contributed by atoms with van der Waals surface area (Å²) in [7, 11) is 0. The fourth-order valence-corrected chi connectivity index (χ4v) is 2.14. The Morgan fingerprint density at radius 3 is 2.52 bits per heavy atom. The molecule has 4 nitrogen and oxygen atoms in total. The molecule has 0 atom stereocenters. The number of benzene rings is 2. The lowest BCUT2D eigenvalue weighted by molar-refractivity contribution is -0.121. The highest BCUT2D eigenvalue weighted by molar-refractivity contribution is 9.10. The normalized spacial score (nSPS) is 10.5. The first-order valence-electron chi connectivity index (χ1n) is 6.81. The fraction of sp³-hybridized carbons (Fsp3) is 0.0588. The maximum Gasteiger partial charge on any atom is 0.244 e. The SMILES string of the molecule is O=C(/C=C/c1ccccc1F)NCC(=O)Nc1ccccc1Br. The number of carbonyl (C=O) groups is 2. The first-order valence-corrected chi connectivity index (χ1v) is 7.60. The van der Waals surface area contributed by atoms with Crippen molar-refractivity contribution >= 4 is 39.5 Å². The molecule has 0 aliphatic heterocycles. The Hall–Kier alpha value is -2.47. The minimum atomic E-state index is -0.476. The second-order valence-corrected chi connectivity index (χ2v) is 5.46. The third-order valence-corrected chi connectivity index (χ3v) is 3.58. The van der Waals surface area contributed by atoms with Crippen LogP contribution >= 0.6 is 15.9 Å². The van der Waals surface area contributed by atoms with Crippen molar-refractivity contribution in [2.45, 2.75) is 0 Å². The minimum absolute atomic E-state index is 0.179. The van der Waals surface area contributed by atoms with Crippen LogP contribution in [-0.2, 0) is 9.59 Å². The van der Waals surface area contributed by atoms with Crippen LogP contribution < -0.4 is 10.6 Å². The van der Waals surface area contributed by atoms with Gasteiger partial charge in [0.2, 0.25) is 11.8 Å². The Labute approximate surface area is 141 Å². The maximum atomic E-state index is 13.4. The van der Waals surface area contributed by atoms with Crippen molar-refractivity contribution < 1.29 is 14.0 Å². The number of halogens is 2. The molecule has 0 heterocycles. The number of hydrogen-bond acceptors (Lipinski definition) is 2. The van der Waals surface area contributed by atoms with Crippen molar-refractivity contribution in [1.29, 1.82) is 0 Å². The Morgan fingerprint density at radius 2 is 1.78 bits per heavy atom. The van der Waals surface area contributed by atoms with E-state index in [1.165, 1.54) is 18.2 Å². The van der Waals surface area contributed by atoms with Crippen LogP contribution in [0.3, 0.4) is 0 Å². The summed E-state index contributed by atoms with van der Waals surface area (Å²) in [6, 6.07) is 13.3. The summed E-state index contributed by atoms with van der Waals surface area (Å²) in [6.07, 6.45) is 2.54. The van der Waals surface area contributed by atoms with Gasteiger partial charge in [0.05, 0.1) is 12.2 Å². The van der Waals surface area contributed by atoms with Gasteiger partial charge in [-0.15, -0.1) is 0 Å². The van der Waals surface area contributed by atoms with E-state index in [1.54, 1.807) is 36.4 Å². The van der Waals surface area contributed by atoms with Gasteiger partial charge in [-0.25, -0.2) is 4.39 Å². The summed E-state index contributed by atoms with van der Waals surface area (Å²) < 4.78 is 14.1. The van der Waals surface area contributed by atoms with Gasteiger partial charge in [-0.2, -0.15) is 0 Å². The molecule has 2 aromatic rings. The lowest BCUT2D eigenvalue weighted by Gasteiger charge is -2.07. The van der Waals surface area contributed by atoms with E-state index >= 15 is 0 Å². The largest absolute Gasteiger partial charge is 0.343 e. The standard InChI is InChI=1S/C17H14BrFN2O2/c18-13-6-2-4-8-15(13)21-17(23)11-20-16(22)10-9-12-5-1-3-7-14(12)19/h1-10H,11H2,(H,20,22)(H,21,23)/b10-9+. The molecule has 2 aromatic carbocycles. The number of anilines is 1. The molecule has 118 valence electrons. The first-order chi connectivity index (χ1) is 11.1. The first kappa shape index (κ1) is 16.9. The number of hydrogen-bond donors (Lipinski definition) is 2. The van der Waals surface area contributed by atoms with E-state index in [2.05, 4.69) is 26.6 Å². The van der Waals surface area contributed by atoms with Crippen molar-refractivity contribution in [3.05, 3.63) is 70.5 Å². The van der Waals surface area contributed by atoms with E-state index in [-0.39, 0.29) is 12.5 Å². The summed E-state index contributed by atoms with van der Waals surface area (Å²) in [5, 5.41) is 5.10. The second-order valence-electron chi connectivity index (χ2n) is 4.60. The van der Waals surface area contributed by atoms with Gasteiger partial charge >= 0.3 is 0 Å². The van der Waals surface area contributed by atoms with Crippen LogP contribution in [0.1, 0.15) is 5.56 Å². The molecular formula is C17H14BrFN2O2. The average molecular weight is 377 g/mol. The molecule has 0 radical (unpaired) electrons. The van der Waals surface area contributed by atoms with Gasteiger partial charge in [-0.1, -0.05) is 30.3 Å². The van der Waals surface area contributed by atoms with Gasteiger partial charge in [0.1, 0.15) is 5.82 Å². The van der Waals surface area contributed by atoms with E-state index in [4.69, 9.17) is 0 Å². The fourth-order valence-electron chi connectivity index (χ4n) is 1.76. The van der Waals surface area contributed by atoms with E-state index in [9.17, 15) is 14.0 Å². The summed E-state index contributed by atoms with van der Waals surface area (Å²) in [4.78, 5) is 23.4. The van der Waals surface area contributed by atoms with Crippen LogP contribution in [0.25, 0.3) is 6.08 Å². The smallest absolute Gasteiger partial charge is 0.244 e. The maximum absolute atomic E-state index is 13.4. The monoisotopic (exact) mass is 376 g/mol. The van der Waals surface area contributed by atoms with Crippen molar-refractivity contribution in [2.24, 2.45) is 0 Å². The predicted molar refractivity (Wildman–Crippen MR) is 91.2 cm³/mol. The average Bonchev–Trinajstić information content (AvgIpc) is 2.54. The molecule has 0 saturated heterocycles. The van der Waals surface area contributed by atoms with Gasteiger partial charge in [0.25, 0.3) is 0 Å². The number of carbonyl (C=O) groups excluding carboxylic acids is 2. The molecule has 0 bridgehead atoms. The highest BCUT2D eigenvalue weighted by Gasteiger charge is 2.06. The summed E-state index contributed by atoms with van der Waals surface area (Å²) in [5.41, 5.74) is 0.925. The molecule has 2 amide bonds. The van der Waals surface area contributed by atoms with Crippen molar-refractivity contribution in [1.82, 2.24) is 5.32 Å². The zero-order valence-electron chi connectivity index (χ0n) is 12.1. The van der Waals surface area contributed by atoms with Gasteiger partial charge in [-0.3, -0.25) is 9.59 Å². The van der Waals surface area contributed by atoms with Crippen molar-refractivity contribution in [3.63, 3.8) is 0 Å². The molecule has 0 saturated carbocycles. The topological polar surface area (TPSA) is 58.2 Å². The minimum Gasteiger partial charge on any atom is -0.343 e. The van der Waals surface area contributed by atoms with Crippen LogP contribution in [0.4, 0.5) is 10.1 Å². The Balaban J connectivity index is 1.83. The molecule has 0 spiro atoms. The number of para-hydroxylation sites is 1. The van der Waals surface area contributed by atoms with Crippen LogP contribution in [-0.4, -0.2) is 18.4 Å². The Morgan fingerprint density at radius 1 is 1.09 bits per heavy atom. The van der Waals surface area contributed by atoms with Gasteiger partial charge in [0, 0.05) is 16.1 Å². The zero-order valence-corrected chi connectivity index (χ0v) is 13.6. The highest BCUT2D eigenvalue weighted by atomic mass is 79.9. The molecular weight excluding hydrogens is 363 g/mol. The third kappa shape index (κ3) is 5.34. The van der Waals surface area contributed by atoms with Crippen LogP contribution in [0.15, 0.2) is 59.1 Å². The molecule has 0 aromatic heterocycles. The molecule has 2 N–H and O–H groups in total. The van der Waals surface area contributed by atoms with E-state index in [0.717, 1.165) is 4.47 Å². The van der Waals surface area contributed by atoms with Crippen LogP contribution in [0, 0.1) is 5.82 Å². The van der Waals surface area contributed by atoms with E-state index < -0.39 is 11.7 Å². The van der Waals surface area contributed by atoms with Gasteiger partial charge in [-0.05, 0) is 40.2 Å². The summed E-state index contributed by atoms with van der Waals surface area (Å²) >= 11 is 3.31. The predicted octanol–water partition coefficient (Wildman–Crippen LogP) is 3.36. The van der Waals surface area contributed by atoms with Crippen molar-refractivity contribution in [3.8, 4) is 0 Å². The van der Waals surface area contributed by atoms with Crippen LogP contribution in [0.2, 0.25) is 0 Å². The number of amides is 2. The lowest BCUT2D eigenvalue weighted by atomic mass is 10.2. The Bertz CT molecular complexity index is 747. The van der Waals surface area contributed by atoms with Crippen LogP contribution in [0.5, 0.6) is 0 Å². The number of nitrogens with one attached hydrogen (secondary N) is 2. The molecule has 6 heteroatoms. The van der Waals surface area contributed by atoms with Crippen molar-refractivity contribution in [2.75, 3.05) is 11.9 Å². The van der Waals surface area contributed by atoms with Gasteiger partial charge < -0.3 is 10.6 Å². The molecule has 23 heavy (non-hydrogen) atoms. The Kier molecular flexibility index (Phi) is 6.05. The highest BCUT2D eigenvalue weighted by Crippen LogP contribution is 2.20. The van der Waals surface area contributed by atoms with E-state index in [0.29, 0.717) is 11.3 Å². The van der Waals surface area contributed by atoms with Gasteiger partial charge in [0.15, 0.2) is 0 Å². The lowest BCUT2D eigenvalue weighted by Crippen LogP contribution is -2.31. The molecule has 0 aliphatic carbocycles. The zero-order chi connectivity index (χ0) is 16.7. The quantitative estimate of drug-likeness (QED) is 0.786. The third-order valence-electron chi connectivity index (χ3n) is 2.89. The molecule has 2 rings (SSSR count). The summed E-state index contributed by atoms with van der Waals surface area (Å²) in [6.45, 7) is -0.179. The molecule has 0 unspecified atom stereocenters. The van der Waals surface area contributed by atoms with E-state index in [1.807, 2.05) is 6.07 Å².